The molecule has 0 atom stereocenters. The Balaban J connectivity index is 1.36. The zero-order chi connectivity index (χ0) is 25.2. The van der Waals surface area contributed by atoms with Crippen LogP contribution >= 0.6 is 23.1 Å². The van der Waals surface area contributed by atoms with Gasteiger partial charge in [-0.2, -0.15) is 0 Å². The number of hydrogen-bond donors (Lipinski definition) is 3. The monoisotopic (exact) mass is 512 g/mol. The third-order valence-electron chi connectivity index (χ3n) is 4.69. The lowest BCUT2D eigenvalue weighted by Crippen LogP contribution is -2.20. The summed E-state index contributed by atoms with van der Waals surface area (Å²) in [6.45, 7) is 5.58. The molecule has 1 aromatic heterocycles. The van der Waals surface area contributed by atoms with Crippen LogP contribution in [0.25, 0.3) is 0 Å². The number of carbonyl (C=O) groups is 3. The van der Waals surface area contributed by atoms with Crippen molar-refractivity contribution in [3.63, 3.8) is 0 Å². The maximum absolute atomic E-state index is 12.2. The Kier molecular flexibility index (Phi) is 9.68. The SMILES string of the molecule is CC(=O)Nc1ccc(NC(=O)CSCc2csc(NC(=O)COc3ccc(C(C)C)cc3)n2)cc1. The molecular weight excluding hydrogens is 484 g/mol. The normalized spacial score (nSPS) is 10.6. The van der Waals surface area contributed by atoms with Crippen LogP contribution in [0.15, 0.2) is 53.9 Å². The maximum atomic E-state index is 12.2. The van der Waals surface area contributed by atoms with Crippen LogP contribution in [-0.4, -0.2) is 35.1 Å². The molecule has 2 aromatic carbocycles. The van der Waals surface area contributed by atoms with Gasteiger partial charge < -0.3 is 15.4 Å². The minimum atomic E-state index is -0.282. The van der Waals surface area contributed by atoms with Crippen molar-refractivity contribution in [1.29, 1.82) is 0 Å². The largest absolute Gasteiger partial charge is 0.484 e. The van der Waals surface area contributed by atoms with E-state index in [9.17, 15) is 14.4 Å². The maximum Gasteiger partial charge on any atom is 0.264 e. The minimum absolute atomic E-state index is 0.101. The number of thiazole rings is 1. The first-order chi connectivity index (χ1) is 16.8. The molecule has 0 saturated carbocycles. The summed E-state index contributed by atoms with van der Waals surface area (Å²) in [5, 5.41) is 10.6. The Hall–Kier alpha value is -3.37. The fourth-order valence-corrected chi connectivity index (χ4v) is 4.52. The molecule has 3 N–H and O–H groups in total. The lowest BCUT2D eigenvalue weighted by molar-refractivity contribution is -0.118. The zero-order valence-electron chi connectivity index (χ0n) is 19.8. The second-order valence-electron chi connectivity index (χ2n) is 8.00. The second-order valence-corrected chi connectivity index (χ2v) is 9.85. The number of rotatable bonds is 11. The molecule has 8 nitrogen and oxygen atoms in total. The van der Waals surface area contributed by atoms with E-state index in [1.165, 1.54) is 35.6 Å². The van der Waals surface area contributed by atoms with Gasteiger partial charge in [0.15, 0.2) is 11.7 Å². The standard InChI is InChI=1S/C25H28N4O4S2/c1-16(2)18-4-10-22(11-5-18)33-12-23(31)29-25-28-21(14-35-25)13-34-15-24(32)27-20-8-6-19(7-9-20)26-17(3)30/h4-11,14,16H,12-13,15H2,1-3H3,(H,26,30)(H,27,32)(H,28,29,31). The molecule has 0 unspecified atom stereocenters. The molecular formula is C25H28N4O4S2. The van der Waals surface area contributed by atoms with Crippen molar-refractivity contribution < 1.29 is 19.1 Å². The van der Waals surface area contributed by atoms with Crippen molar-refractivity contribution in [2.75, 3.05) is 28.3 Å². The smallest absolute Gasteiger partial charge is 0.264 e. The van der Waals surface area contributed by atoms with Gasteiger partial charge in [0.1, 0.15) is 5.75 Å². The topological polar surface area (TPSA) is 109 Å². The first-order valence-electron chi connectivity index (χ1n) is 11.0. The van der Waals surface area contributed by atoms with Crippen molar-refractivity contribution in [1.82, 2.24) is 4.98 Å². The molecule has 1 heterocycles. The molecule has 3 aromatic rings. The third-order valence-corrected chi connectivity index (χ3v) is 6.46. The lowest BCUT2D eigenvalue weighted by atomic mass is 10.0. The first kappa shape index (κ1) is 26.2. The number of carbonyl (C=O) groups excluding carboxylic acids is 3. The minimum Gasteiger partial charge on any atom is -0.484 e. The van der Waals surface area contributed by atoms with E-state index in [0.717, 1.165) is 5.69 Å². The van der Waals surface area contributed by atoms with Crippen LogP contribution in [0.5, 0.6) is 5.75 Å². The molecule has 0 saturated heterocycles. The Labute approximate surface area is 212 Å². The van der Waals surface area contributed by atoms with E-state index in [4.69, 9.17) is 4.74 Å². The van der Waals surface area contributed by atoms with E-state index in [1.807, 2.05) is 29.6 Å². The molecule has 0 bridgehead atoms. The Morgan fingerprint density at radius 1 is 0.943 bits per heavy atom. The van der Waals surface area contributed by atoms with E-state index in [-0.39, 0.29) is 30.1 Å². The molecule has 0 radical (unpaired) electrons. The van der Waals surface area contributed by atoms with Crippen molar-refractivity contribution >= 4 is 57.3 Å². The summed E-state index contributed by atoms with van der Waals surface area (Å²) in [7, 11) is 0. The van der Waals surface area contributed by atoms with E-state index in [2.05, 4.69) is 34.8 Å². The van der Waals surface area contributed by atoms with Crippen LogP contribution in [0.2, 0.25) is 0 Å². The molecule has 0 aliphatic heterocycles. The van der Waals surface area contributed by atoms with E-state index in [0.29, 0.717) is 33.9 Å². The lowest BCUT2D eigenvalue weighted by Gasteiger charge is -2.08. The van der Waals surface area contributed by atoms with Gasteiger partial charge in [0.05, 0.1) is 11.4 Å². The van der Waals surface area contributed by atoms with Gasteiger partial charge in [-0.05, 0) is 47.9 Å². The highest BCUT2D eigenvalue weighted by Gasteiger charge is 2.10. The van der Waals surface area contributed by atoms with Crippen LogP contribution in [0.4, 0.5) is 16.5 Å². The number of benzene rings is 2. The number of nitrogens with zero attached hydrogens (tertiary/aromatic N) is 1. The number of hydrogen-bond acceptors (Lipinski definition) is 7. The van der Waals surface area contributed by atoms with E-state index >= 15 is 0 Å². The zero-order valence-corrected chi connectivity index (χ0v) is 21.4. The van der Waals surface area contributed by atoms with Crippen LogP contribution in [0.3, 0.4) is 0 Å². The van der Waals surface area contributed by atoms with E-state index < -0.39 is 0 Å². The van der Waals surface area contributed by atoms with Crippen LogP contribution in [-0.2, 0) is 20.1 Å². The van der Waals surface area contributed by atoms with Gasteiger partial charge in [-0.1, -0.05) is 26.0 Å². The summed E-state index contributed by atoms with van der Waals surface area (Å²) < 4.78 is 5.54. The Morgan fingerprint density at radius 3 is 2.23 bits per heavy atom. The molecule has 0 aliphatic rings. The van der Waals surface area contributed by atoms with Crippen molar-refractivity contribution in [2.45, 2.75) is 32.4 Å². The quantitative estimate of drug-likeness (QED) is 0.329. The van der Waals surface area contributed by atoms with Crippen molar-refractivity contribution in [2.24, 2.45) is 0 Å². The molecule has 0 spiro atoms. The van der Waals surface area contributed by atoms with Crippen LogP contribution in [0, 0.1) is 0 Å². The Morgan fingerprint density at radius 2 is 1.60 bits per heavy atom. The first-order valence-corrected chi connectivity index (χ1v) is 13.0. The predicted octanol–water partition coefficient (Wildman–Crippen LogP) is 5.11. The fourth-order valence-electron chi connectivity index (χ4n) is 2.97. The highest BCUT2D eigenvalue weighted by atomic mass is 32.2. The van der Waals surface area contributed by atoms with Crippen LogP contribution in [0.1, 0.15) is 37.9 Å². The van der Waals surface area contributed by atoms with Gasteiger partial charge in [-0.25, -0.2) is 4.98 Å². The Bertz CT molecular complexity index is 1150. The van der Waals surface area contributed by atoms with Gasteiger partial charge in [0.25, 0.3) is 5.91 Å². The molecule has 10 heteroatoms. The second kappa shape index (κ2) is 12.9. The highest BCUT2D eigenvalue weighted by molar-refractivity contribution is 7.99. The highest BCUT2D eigenvalue weighted by Crippen LogP contribution is 2.21. The average molecular weight is 513 g/mol. The molecule has 3 amide bonds. The fraction of sp³-hybridized carbons (Fsp3) is 0.280. The molecule has 0 aliphatic carbocycles. The van der Waals surface area contributed by atoms with Gasteiger partial charge in [-0.15, -0.1) is 23.1 Å². The van der Waals surface area contributed by atoms with Crippen molar-refractivity contribution in [3.8, 4) is 5.75 Å². The summed E-state index contributed by atoms with van der Waals surface area (Å²) in [4.78, 5) is 39.8. The number of aromatic nitrogens is 1. The molecule has 35 heavy (non-hydrogen) atoms. The molecule has 184 valence electrons. The number of nitrogens with one attached hydrogen (secondary N) is 3. The summed E-state index contributed by atoms with van der Waals surface area (Å²) in [6.07, 6.45) is 0. The van der Waals surface area contributed by atoms with E-state index in [1.54, 1.807) is 24.3 Å². The summed E-state index contributed by atoms with van der Waals surface area (Å²) in [6, 6.07) is 14.6. The van der Waals surface area contributed by atoms with Gasteiger partial charge in [-0.3, -0.25) is 19.7 Å². The summed E-state index contributed by atoms with van der Waals surface area (Å²) in [5.41, 5.74) is 3.32. The predicted molar refractivity (Wildman–Crippen MR) is 142 cm³/mol. The van der Waals surface area contributed by atoms with Crippen molar-refractivity contribution in [3.05, 3.63) is 65.2 Å². The van der Waals surface area contributed by atoms with Gasteiger partial charge in [0, 0.05) is 29.4 Å². The number of anilines is 3. The number of ether oxygens (including phenoxy) is 1. The number of thioether (sulfide) groups is 1. The third kappa shape index (κ3) is 9.06. The van der Waals surface area contributed by atoms with Gasteiger partial charge >= 0.3 is 0 Å². The van der Waals surface area contributed by atoms with Crippen LogP contribution < -0.4 is 20.7 Å². The molecule has 3 rings (SSSR count). The summed E-state index contributed by atoms with van der Waals surface area (Å²) in [5.74, 6) is 1.32. The number of amides is 3. The van der Waals surface area contributed by atoms with Gasteiger partial charge in [0.2, 0.25) is 11.8 Å². The molecule has 0 fully saturated rings. The summed E-state index contributed by atoms with van der Waals surface area (Å²) >= 11 is 2.75. The average Bonchev–Trinajstić information content (AvgIpc) is 3.26.